The Morgan fingerprint density at radius 2 is 1.86 bits per heavy atom. The number of nitrogens with zero attached hydrogens (tertiary/aromatic N) is 1. The van der Waals surface area contributed by atoms with Gasteiger partial charge in [-0.2, -0.15) is 0 Å². The van der Waals surface area contributed by atoms with Crippen LogP contribution in [0.2, 0.25) is 15.1 Å². The van der Waals surface area contributed by atoms with Gasteiger partial charge in [0.1, 0.15) is 5.75 Å². The van der Waals surface area contributed by atoms with Crippen LogP contribution in [0.1, 0.15) is 5.56 Å². The largest absolute Gasteiger partial charge is 0.482 e. The fraction of sp³-hybridized carbons (Fsp3) is 0.133. The van der Waals surface area contributed by atoms with E-state index in [1.165, 1.54) is 0 Å². The van der Waals surface area contributed by atoms with Crippen molar-refractivity contribution in [3.8, 4) is 5.75 Å². The summed E-state index contributed by atoms with van der Waals surface area (Å²) in [4.78, 5) is 13.8. The van der Waals surface area contributed by atoms with Crippen LogP contribution in [0.25, 0.3) is 0 Å². The van der Waals surface area contributed by atoms with Crippen LogP contribution in [0.15, 0.2) is 36.4 Å². The van der Waals surface area contributed by atoms with Crippen LogP contribution in [0.4, 0.5) is 5.69 Å². The monoisotopic (exact) mass is 341 g/mol. The molecule has 0 saturated heterocycles. The first-order valence-corrected chi connectivity index (χ1v) is 7.34. The molecule has 0 saturated carbocycles. The summed E-state index contributed by atoms with van der Waals surface area (Å²) in [6.45, 7) is 0.391. The molecule has 1 aliphatic heterocycles. The maximum absolute atomic E-state index is 12.1. The van der Waals surface area contributed by atoms with E-state index in [2.05, 4.69) is 0 Å². The SMILES string of the molecule is O=C1COc2ccc(Cl)cc2N1Cc1ccc(Cl)c(Cl)c1. The molecule has 0 fully saturated rings. The summed E-state index contributed by atoms with van der Waals surface area (Å²) in [6.07, 6.45) is 0. The average Bonchev–Trinajstić information content (AvgIpc) is 2.46. The van der Waals surface area contributed by atoms with Crippen molar-refractivity contribution < 1.29 is 9.53 Å². The van der Waals surface area contributed by atoms with E-state index in [1.54, 1.807) is 35.2 Å². The highest BCUT2D eigenvalue weighted by Crippen LogP contribution is 2.35. The minimum atomic E-state index is -0.129. The van der Waals surface area contributed by atoms with Gasteiger partial charge < -0.3 is 9.64 Å². The Morgan fingerprint density at radius 1 is 1.05 bits per heavy atom. The number of rotatable bonds is 2. The third kappa shape index (κ3) is 2.95. The van der Waals surface area contributed by atoms with E-state index < -0.39 is 0 Å². The summed E-state index contributed by atoms with van der Waals surface area (Å²) in [5.41, 5.74) is 1.54. The molecule has 2 aromatic rings. The van der Waals surface area contributed by atoms with E-state index in [9.17, 15) is 4.79 Å². The molecule has 1 amide bonds. The second kappa shape index (κ2) is 5.76. The van der Waals surface area contributed by atoms with Crippen LogP contribution in [0.5, 0.6) is 5.75 Å². The zero-order chi connectivity index (χ0) is 15.0. The molecular weight excluding hydrogens is 333 g/mol. The molecule has 0 bridgehead atoms. The third-order valence-electron chi connectivity index (χ3n) is 3.19. The summed E-state index contributed by atoms with van der Waals surface area (Å²) < 4.78 is 5.40. The van der Waals surface area contributed by atoms with Crippen molar-refractivity contribution in [2.45, 2.75) is 6.54 Å². The molecule has 0 radical (unpaired) electrons. The molecule has 0 N–H and O–H groups in total. The van der Waals surface area contributed by atoms with Crippen molar-refractivity contribution in [2.24, 2.45) is 0 Å². The maximum Gasteiger partial charge on any atom is 0.265 e. The summed E-state index contributed by atoms with van der Waals surface area (Å²) in [5.74, 6) is 0.509. The smallest absolute Gasteiger partial charge is 0.265 e. The molecule has 2 aromatic carbocycles. The fourth-order valence-corrected chi connectivity index (χ4v) is 2.66. The molecule has 0 aromatic heterocycles. The second-order valence-electron chi connectivity index (χ2n) is 4.63. The molecular formula is C15H10Cl3NO2. The number of anilines is 1. The normalized spacial score (nSPS) is 13.9. The van der Waals surface area contributed by atoms with Gasteiger partial charge >= 0.3 is 0 Å². The average molecular weight is 343 g/mol. The molecule has 1 heterocycles. The lowest BCUT2D eigenvalue weighted by atomic mass is 10.1. The van der Waals surface area contributed by atoms with Gasteiger partial charge in [0.2, 0.25) is 0 Å². The van der Waals surface area contributed by atoms with Gasteiger partial charge in [0.15, 0.2) is 6.61 Å². The number of halogens is 3. The first-order valence-electron chi connectivity index (χ1n) is 6.21. The number of fused-ring (bicyclic) bond motifs is 1. The lowest BCUT2D eigenvalue weighted by Crippen LogP contribution is -2.38. The molecule has 0 unspecified atom stereocenters. The van der Waals surface area contributed by atoms with Crippen LogP contribution < -0.4 is 9.64 Å². The minimum Gasteiger partial charge on any atom is -0.482 e. The molecule has 3 rings (SSSR count). The predicted molar refractivity (Wildman–Crippen MR) is 84.6 cm³/mol. The zero-order valence-corrected chi connectivity index (χ0v) is 13.0. The van der Waals surface area contributed by atoms with E-state index in [4.69, 9.17) is 39.5 Å². The fourth-order valence-electron chi connectivity index (χ4n) is 2.17. The van der Waals surface area contributed by atoms with Gasteiger partial charge in [-0.15, -0.1) is 0 Å². The minimum absolute atomic E-state index is 0.00988. The zero-order valence-electron chi connectivity index (χ0n) is 10.8. The first kappa shape index (κ1) is 14.5. The van der Waals surface area contributed by atoms with Crippen molar-refractivity contribution in [3.63, 3.8) is 0 Å². The Morgan fingerprint density at radius 3 is 2.62 bits per heavy atom. The number of ether oxygens (including phenoxy) is 1. The third-order valence-corrected chi connectivity index (χ3v) is 4.16. The maximum atomic E-state index is 12.1. The number of hydrogen-bond donors (Lipinski definition) is 0. The molecule has 108 valence electrons. The molecule has 1 aliphatic rings. The molecule has 0 atom stereocenters. The Bertz CT molecular complexity index is 718. The Labute approximate surface area is 137 Å². The Balaban J connectivity index is 1.96. The van der Waals surface area contributed by atoms with Crippen molar-refractivity contribution >= 4 is 46.4 Å². The van der Waals surface area contributed by atoms with Crippen LogP contribution in [0, 0.1) is 0 Å². The van der Waals surface area contributed by atoms with Gasteiger partial charge in [0.05, 0.1) is 22.3 Å². The predicted octanol–water partition coefficient (Wildman–Crippen LogP) is 4.57. The number of amides is 1. The molecule has 0 aliphatic carbocycles. The Hall–Kier alpha value is -1.42. The quantitative estimate of drug-likeness (QED) is 0.800. The number of carbonyl (C=O) groups is 1. The van der Waals surface area contributed by atoms with Gasteiger partial charge in [0, 0.05) is 5.02 Å². The highest BCUT2D eigenvalue weighted by molar-refractivity contribution is 6.42. The highest BCUT2D eigenvalue weighted by Gasteiger charge is 2.25. The van der Waals surface area contributed by atoms with E-state index in [-0.39, 0.29) is 12.5 Å². The van der Waals surface area contributed by atoms with Crippen LogP contribution in [-0.4, -0.2) is 12.5 Å². The Kier molecular flexibility index (Phi) is 3.98. The van der Waals surface area contributed by atoms with E-state index in [1.807, 2.05) is 6.07 Å². The lowest BCUT2D eigenvalue weighted by molar-refractivity contribution is -0.121. The number of benzene rings is 2. The first-order chi connectivity index (χ1) is 10.0. The second-order valence-corrected chi connectivity index (χ2v) is 5.88. The topological polar surface area (TPSA) is 29.5 Å². The summed E-state index contributed by atoms with van der Waals surface area (Å²) in [7, 11) is 0. The number of carbonyl (C=O) groups excluding carboxylic acids is 1. The van der Waals surface area contributed by atoms with Gasteiger partial charge in [0.25, 0.3) is 5.91 Å². The molecule has 21 heavy (non-hydrogen) atoms. The highest BCUT2D eigenvalue weighted by atomic mass is 35.5. The lowest BCUT2D eigenvalue weighted by Gasteiger charge is -2.29. The van der Waals surface area contributed by atoms with Crippen molar-refractivity contribution in [1.29, 1.82) is 0 Å². The van der Waals surface area contributed by atoms with E-state index in [0.29, 0.717) is 33.0 Å². The van der Waals surface area contributed by atoms with Crippen molar-refractivity contribution in [2.75, 3.05) is 11.5 Å². The van der Waals surface area contributed by atoms with Crippen molar-refractivity contribution in [1.82, 2.24) is 0 Å². The van der Waals surface area contributed by atoms with E-state index in [0.717, 1.165) is 5.56 Å². The molecule has 0 spiro atoms. The standard InChI is InChI=1S/C15H10Cl3NO2/c16-10-2-4-14-13(6-10)19(15(20)8-21-14)7-9-1-3-11(17)12(18)5-9/h1-6H,7-8H2. The molecule has 6 heteroatoms. The van der Waals surface area contributed by atoms with Gasteiger partial charge in [-0.25, -0.2) is 0 Å². The van der Waals surface area contributed by atoms with Crippen molar-refractivity contribution in [3.05, 3.63) is 57.0 Å². The van der Waals surface area contributed by atoms with E-state index >= 15 is 0 Å². The van der Waals surface area contributed by atoms with Crippen LogP contribution in [-0.2, 0) is 11.3 Å². The molecule has 3 nitrogen and oxygen atoms in total. The summed E-state index contributed by atoms with van der Waals surface area (Å²) in [5, 5.41) is 1.49. The van der Waals surface area contributed by atoms with Gasteiger partial charge in [-0.3, -0.25) is 4.79 Å². The van der Waals surface area contributed by atoms with Crippen LogP contribution >= 0.6 is 34.8 Å². The van der Waals surface area contributed by atoms with Gasteiger partial charge in [-0.05, 0) is 35.9 Å². The van der Waals surface area contributed by atoms with Gasteiger partial charge in [-0.1, -0.05) is 40.9 Å². The summed E-state index contributed by atoms with van der Waals surface area (Å²) >= 11 is 17.9. The number of hydrogen-bond acceptors (Lipinski definition) is 2. The van der Waals surface area contributed by atoms with Crippen LogP contribution in [0.3, 0.4) is 0 Å². The summed E-state index contributed by atoms with van der Waals surface area (Å²) in [6, 6.07) is 10.5.